The van der Waals surface area contributed by atoms with Crippen LogP contribution in [0, 0.1) is 0 Å². The third kappa shape index (κ3) is 5.17. The summed E-state index contributed by atoms with van der Waals surface area (Å²) in [6.45, 7) is 2.30. The van der Waals surface area contributed by atoms with Crippen LogP contribution in [-0.2, 0) is 14.3 Å². The van der Waals surface area contributed by atoms with Crippen molar-refractivity contribution in [2.45, 2.75) is 18.8 Å². The van der Waals surface area contributed by atoms with Crippen LogP contribution >= 0.6 is 0 Å². The quantitative estimate of drug-likeness (QED) is 0.509. The van der Waals surface area contributed by atoms with Crippen molar-refractivity contribution in [2.24, 2.45) is 0 Å². The van der Waals surface area contributed by atoms with Crippen molar-refractivity contribution in [3.63, 3.8) is 0 Å². The molecule has 0 spiro atoms. The summed E-state index contributed by atoms with van der Waals surface area (Å²) in [5, 5.41) is 18.2. The number of hydrogen-bond acceptors (Lipinski definition) is 11. The summed E-state index contributed by atoms with van der Waals surface area (Å²) >= 11 is 0. The Hall–Kier alpha value is -4.17. The summed E-state index contributed by atoms with van der Waals surface area (Å²) in [6.07, 6.45) is -0.656. The standard InChI is InChI=1S/C21H22N6O8/c1-25-6-8-26(9-7-25)21(33)35-19-17-16(22-4-5-23-17)18(31)27(19)14-3-2-12(11-24-14)34-20(32)13(28)10-15(29)30/h2-5,11,13,19,28H,6-10H2,1H3,(H,29,30)/t13?,19-/m0/s1. The summed E-state index contributed by atoms with van der Waals surface area (Å²) in [5.41, 5.74) is 0.173. The lowest BCUT2D eigenvalue weighted by Gasteiger charge is -2.33. The average molecular weight is 486 g/mol. The van der Waals surface area contributed by atoms with Crippen LogP contribution in [0.4, 0.5) is 10.6 Å². The minimum atomic E-state index is -1.85. The Morgan fingerprint density at radius 1 is 1.11 bits per heavy atom. The molecule has 0 radical (unpaired) electrons. The number of fused-ring (bicyclic) bond motifs is 1. The Kier molecular flexibility index (Phi) is 6.84. The van der Waals surface area contributed by atoms with Crippen LogP contribution < -0.4 is 9.64 Å². The fourth-order valence-electron chi connectivity index (χ4n) is 3.54. The number of carbonyl (C=O) groups excluding carboxylic acids is 3. The molecule has 35 heavy (non-hydrogen) atoms. The number of aliphatic hydroxyl groups excluding tert-OH is 1. The van der Waals surface area contributed by atoms with Crippen molar-refractivity contribution < 1.29 is 38.9 Å². The highest BCUT2D eigenvalue weighted by Crippen LogP contribution is 2.36. The van der Waals surface area contributed by atoms with Crippen molar-refractivity contribution in [3.8, 4) is 5.75 Å². The Balaban J connectivity index is 1.53. The molecule has 1 saturated heterocycles. The lowest BCUT2D eigenvalue weighted by atomic mass is 10.2. The molecule has 1 unspecified atom stereocenters. The van der Waals surface area contributed by atoms with Crippen molar-refractivity contribution in [1.29, 1.82) is 0 Å². The van der Waals surface area contributed by atoms with E-state index in [9.17, 15) is 24.3 Å². The number of aromatic nitrogens is 3. The highest BCUT2D eigenvalue weighted by Gasteiger charge is 2.44. The van der Waals surface area contributed by atoms with Gasteiger partial charge in [0.25, 0.3) is 5.91 Å². The number of anilines is 1. The number of rotatable bonds is 6. The zero-order valence-corrected chi connectivity index (χ0v) is 18.6. The molecule has 1 fully saturated rings. The topological polar surface area (TPSA) is 176 Å². The normalized spacial score (nSPS) is 18.7. The smallest absolute Gasteiger partial charge is 0.412 e. The van der Waals surface area contributed by atoms with Gasteiger partial charge in [-0.15, -0.1) is 0 Å². The Bertz CT molecular complexity index is 1130. The molecule has 14 heteroatoms. The number of pyridine rings is 1. The number of ether oxygens (including phenoxy) is 2. The SMILES string of the molecule is CN1CCN(C(=O)O[C@H]2c3nccnc3C(=O)N2c2ccc(OC(=O)C(O)CC(=O)O)cn2)CC1. The van der Waals surface area contributed by atoms with Gasteiger partial charge in [-0.2, -0.15) is 0 Å². The van der Waals surface area contributed by atoms with Gasteiger partial charge in [-0.1, -0.05) is 0 Å². The lowest BCUT2D eigenvalue weighted by Crippen LogP contribution is -2.48. The zero-order chi connectivity index (χ0) is 25.1. The first-order chi connectivity index (χ1) is 16.7. The summed E-state index contributed by atoms with van der Waals surface area (Å²) in [7, 11) is 1.95. The first-order valence-electron chi connectivity index (χ1n) is 10.6. The number of aliphatic carboxylic acids is 1. The minimum absolute atomic E-state index is 0.0118. The van der Waals surface area contributed by atoms with Crippen molar-refractivity contribution in [1.82, 2.24) is 24.8 Å². The molecule has 184 valence electrons. The number of amides is 2. The second kappa shape index (κ2) is 9.99. The molecule has 0 saturated carbocycles. The number of hydrogen-bond donors (Lipinski definition) is 2. The average Bonchev–Trinajstić information content (AvgIpc) is 3.11. The molecule has 2 aliphatic rings. The van der Waals surface area contributed by atoms with Crippen LogP contribution in [0.1, 0.15) is 28.8 Å². The number of esters is 1. The Morgan fingerprint density at radius 3 is 2.49 bits per heavy atom. The lowest BCUT2D eigenvalue weighted by molar-refractivity contribution is -0.150. The van der Waals surface area contributed by atoms with E-state index in [1.807, 2.05) is 7.05 Å². The second-order valence-electron chi connectivity index (χ2n) is 7.88. The molecule has 4 heterocycles. The monoisotopic (exact) mass is 486 g/mol. The van der Waals surface area contributed by atoms with Crippen LogP contribution in [0.3, 0.4) is 0 Å². The highest BCUT2D eigenvalue weighted by molar-refractivity contribution is 6.08. The maximum atomic E-state index is 13.1. The van der Waals surface area contributed by atoms with Gasteiger partial charge in [0.05, 0.1) is 12.6 Å². The first kappa shape index (κ1) is 24.0. The highest BCUT2D eigenvalue weighted by atomic mass is 16.6. The van der Waals surface area contributed by atoms with Gasteiger partial charge in [0.15, 0.2) is 11.8 Å². The van der Waals surface area contributed by atoms with E-state index in [1.54, 1.807) is 0 Å². The molecule has 2 aliphatic heterocycles. The molecule has 2 amide bonds. The van der Waals surface area contributed by atoms with Crippen molar-refractivity contribution in [2.75, 3.05) is 38.1 Å². The van der Waals surface area contributed by atoms with E-state index in [4.69, 9.17) is 14.6 Å². The summed E-state index contributed by atoms with van der Waals surface area (Å²) in [4.78, 5) is 65.4. The predicted molar refractivity (Wildman–Crippen MR) is 115 cm³/mol. The molecule has 2 aromatic rings. The van der Waals surface area contributed by atoms with Crippen LogP contribution in [0.2, 0.25) is 0 Å². The summed E-state index contributed by atoms with van der Waals surface area (Å²) in [5.74, 6) is -3.14. The molecule has 0 bridgehead atoms. The van der Waals surface area contributed by atoms with Crippen LogP contribution in [0.15, 0.2) is 30.7 Å². The molecule has 4 rings (SSSR count). The molecule has 2 atom stereocenters. The summed E-state index contributed by atoms with van der Waals surface area (Å²) in [6, 6.07) is 2.64. The van der Waals surface area contributed by atoms with Gasteiger partial charge in [-0.3, -0.25) is 14.6 Å². The minimum Gasteiger partial charge on any atom is -0.481 e. The Labute approximate surface area is 198 Å². The largest absolute Gasteiger partial charge is 0.481 e. The third-order valence-electron chi connectivity index (χ3n) is 5.42. The molecule has 2 N–H and O–H groups in total. The van der Waals surface area contributed by atoms with E-state index in [-0.39, 0.29) is 23.0 Å². The van der Waals surface area contributed by atoms with Gasteiger partial charge >= 0.3 is 18.0 Å². The van der Waals surface area contributed by atoms with Crippen LogP contribution in [0.25, 0.3) is 0 Å². The molecule has 14 nitrogen and oxygen atoms in total. The first-order valence-corrected chi connectivity index (χ1v) is 10.6. The van der Waals surface area contributed by atoms with E-state index in [0.717, 1.165) is 11.1 Å². The van der Waals surface area contributed by atoms with Gasteiger partial charge in [0.2, 0.25) is 6.23 Å². The van der Waals surface area contributed by atoms with E-state index >= 15 is 0 Å². The third-order valence-corrected chi connectivity index (χ3v) is 5.42. The number of carbonyl (C=O) groups is 4. The summed E-state index contributed by atoms with van der Waals surface area (Å²) < 4.78 is 10.6. The van der Waals surface area contributed by atoms with Gasteiger partial charge in [0, 0.05) is 38.6 Å². The number of likely N-dealkylation sites (N-methyl/N-ethyl adjacent to an activating group) is 1. The van der Waals surface area contributed by atoms with Gasteiger partial charge in [-0.05, 0) is 19.2 Å². The number of aliphatic hydroxyl groups is 1. The van der Waals surface area contributed by atoms with Gasteiger partial charge in [-0.25, -0.2) is 24.5 Å². The van der Waals surface area contributed by atoms with E-state index in [1.165, 1.54) is 29.4 Å². The fourth-order valence-corrected chi connectivity index (χ4v) is 3.54. The van der Waals surface area contributed by atoms with Crippen LogP contribution in [0.5, 0.6) is 5.75 Å². The molecule has 0 aliphatic carbocycles. The maximum Gasteiger partial charge on any atom is 0.412 e. The molecule has 0 aromatic carbocycles. The van der Waals surface area contributed by atoms with Crippen LogP contribution in [-0.4, -0.2) is 98.2 Å². The number of carboxylic acid groups (broad SMARTS) is 1. The zero-order valence-electron chi connectivity index (χ0n) is 18.6. The fraction of sp³-hybridized carbons (Fsp3) is 0.381. The van der Waals surface area contributed by atoms with E-state index < -0.39 is 42.7 Å². The second-order valence-corrected chi connectivity index (χ2v) is 7.88. The van der Waals surface area contributed by atoms with Gasteiger partial charge < -0.3 is 29.5 Å². The predicted octanol–water partition coefficient (Wildman–Crippen LogP) is -0.344. The molecule has 2 aromatic heterocycles. The van der Waals surface area contributed by atoms with Crippen molar-refractivity contribution in [3.05, 3.63) is 42.1 Å². The van der Waals surface area contributed by atoms with E-state index in [2.05, 4.69) is 19.9 Å². The number of carboxylic acids is 1. The number of nitrogens with zero attached hydrogens (tertiary/aromatic N) is 6. The van der Waals surface area contributed by atoms with Gasteiger partial charge in [0.1, 0.15) is 17.3 Å². The van der Waals surface area contributed by atoms with Crippen molar-refractivity contribution >= 4 is 29.8 Å². The Morgan fingerprint density at radius 2 is 1.83 bits per heavy atom. The molecular formula is C21H22N6O8. The maximum absolute atomic E-state index is 13.1. The number of piperazine rings is 1. The molecular weight excluding hydrogens is 464 g/mol. The van der Waals surface area contributed by atoms with E-state index in [0.29, 0.717) is 26.2 Å².